The molecule has 190 valence electrons. The number of carbonyl (C=O) groups is 1. The second kappa shape index (κ2) is 10.3. The zero-order valence-corrected chi connectivity index (χ0v) is 22.2. The quantitative estimate of drug-likeness (QED) is 0.266. The van der Waals surface area contributed by atoms with Crippen molar-refractivity contribution in [2.24, 2.45) is 10.2 Å². The van der Waals surface area contributed by atoms with Gasteiger partial charge in [-0.05, 0) is 66.8 Å². The van der Waals surface area contributed by atoms with Crippen molar-refractivity contribution >= 4 is 55.4 Å². The van der Waals surface area contributed by atoms with Gasteiger partial charge in [-0.1, -0.05) is 41.9 Å². The van der Waals surface area contributed by atoms with Crippen molar-refractivity contribution in [3.63, 3.8) is 0 Å². The number of hydrogen-bond donors (Lipinski definition) is 2. The molecular weight excluding hydrogens is 512 g/mol. The molecule has 0 heterocycles. The smallest absolute Gasteiger partial charge is 0.259 e. The number of phenolic OH excluding ortho intramolecular Hbond substituents is 1. The molecule has 0 bridgehead atoms. The Morgan fingerprint density at radius 2 is 1.68 bits per heavy atom. The normalized spacial score (nSPS) is 11.9. The van der Waals surface area contributed by atoms with Crippen molar-refractivity contribution in [2.75, 3.05) is 19.4 Å². The van der Waals surface area contributed by atoms with Gasteiger partial charge in [-0.15, -0.1) is 5.11 Å². The lowest BCUT2D eigenvalue weighted by atomic mass is 10.0. The molecule has 0 aliphatic rings. The number of aromatic hydroxyl groups is 1. The number of anilines is 1. The number of phenols is 1. The summed E-state index contributed by atoms with van der Waals surface area (Å²) >= 11 is 6.02. The van der Waals surface area contributed by atoms with E-state index in [1.165, 1.54) is 26.2 Å². The van der Waals surface area contributed by atoms with E-state index >= 15 is 0 Å². The molecule has 0 radical (unpaired) electrons. The van der Waals surface area contributed by atoms with Crippen LogP contribution in [0.3, 0.4) is 0 Å². The fourth-order valence-corrected chi connectivity index (χ4v) is 4.87. The maximum absolute atomic E-state index is 13.2. The first-order valence-corrected chi connectivity index (χ1v) is 13.1. The molecule has 0 spiro atoms. The summed E-state index contributed by atoms with van der Waals surface area (Å²) in [5.41, 5.74) is 2.44. The number of amides is 1. The molecule has 0 aromatic heterocycles. The summed E-state index contributed by atoms with van der Waals surface area (Å²) in [6.45, 7) is 3.59. The Labute approximate surface area is 220 Å². The number of nitrogens with one attached hydrogen (secondary N) is 1. The first-order valence-electron chi connectivity index (χ1n) is 11.3. The molecule has 1 amide bonds. The highest BCUT2D eigenvalue weighted by Crippen LogP contribution is 2.40. The summed E-state index contributed by atoms with van der Waals surface area (Å²) < 4.78 is 26.3. The number of hydrogen-bond acceptors (Lipinski definition) is 6. The average molecular weight is 537 g/mol. The first-order chi connectivity index (χ1) is 17.5. The predicted molar refractivity (Wildman–Crippen MR) is 146 cm³/mol. The summed E-state index contributed by atoms with van der Waals surface area (Å²) in [4.78, 5) is 13.2. The van der Waals surface area contributed by atoms with Crippen LogP contribution in [0.25, 0.3) is 10.8 Å². The fraction of sp³-hybridized carbons (Fsp3) is 0.148. The van der Waals surface area contributed by atoms with Gasteiger partial charge in [-0.25, -0.2) is 12.7 Å². The highest BCUT2D eigenvalue weighted by molar-refractivity contribution is 7.89. The van der Waals surface area contributed by atoms with E-state index in [1.807, 2.05) is 13.0 Å². The van der Waals surface area contributed by atoms with Crippen molar-refractivity contribution in [3.05, 3.63) is 88.4 Å². The van der Waals surface area contributed by atoms with Gasteiger partial charge in [0.15, 0.2) is 5.75 Å². The SMILES string of the molecule is Cc1ccc(S(=O)(=O)N(C)C)cc1N=Nc1c(O)c(C(=O)Nc2ccc(Cl)cc2C)cc2ccccc12. The van der Waals surface area contributed by atoms with Gasteiger partial charge in [0.25, 0.3) is 5.91 Å². The van der Waals surface area contributed by atoms with Crippen molar-refractivity contribution in [3.8, 4) is 5.75 Å². The minimum Gasteiger partial charge on any atom is -0.505 e. The Bertz CT molecular complexity index is 1670. The summed E-state index contributed by atoms with van der Waals surface area (Å²) in [6.07, 6.45) is 0. The molecule has 0 unspecified atom stereocenters. The van der Waals surface area contributed by atoms with E-state index in [1.54, 1.807) is 55.5 Å². The monoisotopic (exact) mass is 536 g/mol. The van der Waals surface area contributed by atoms with E-state index in [9.17, 15) is 18.3 Å². The Morgan fingerprint density at radius 1 is 0.946 bits per heavy atom. The van der Waals surface area contributed by atoms with E-state index in [0.717, 1.165) is 9.87 Å². The molecular formula is C27H25ClN4O4S. The number of carbonyl (C=O) groups excluding carboxylic acids is 1. The molecule has 37 heavy (non-hydrogen) atoms. The molecule has 0 saturated carbocycles. The van der Waals surface area contributed by atoms with Crippen LogP contribution in [-0.4, -0.2) is 37.8 Å². The Kier molecular flexibility index (Phi) is 7.31. The number of aryl methyl sites for hydroxylation is 2. The van der Waals surface area contributed by atoms with Gasteiger partial charge in [0, 0.05) is 30.2 Å². The van der Waals surface area contributed by atoms with Crippen LogP contribution in [0.15, 0.2) is 81.9 Å². The van der Waals surface area contributed by atoms with Crippen LogP contribution in [-0.2, 0) is 10.0 Å². The molecule has 0 saturated heterocycles. The molecule has 8 nitrogen and oxygen atoms in total. The fourth-order valence-electron chi connectivity index (χ4n) is 3.72. The van der Waals surface area contributed by atoms with Gasteiger partial charge in [0.05, 0.1) is 16.1 Å². The van der Waals surface area contributed by atoms with E-state index < -0.39 is 15.9 Å². The molecule has 0 aliphatic heterocycles. The molecule has 0 atom stereocenters. The molecule has 0 aliphatic carbocycles. The number of sulfonamides is 1. The topological polar surface area (TPSA) is 111 Å². The van der Waals surface area contributed by atoms with E-state index in [-0.39, 0.29) is 21.9 Å². The number of fused-ring (bicyclic) bond motifs is 1. The third-order valence-electron chi connectivity index (χ3n) is 5.89. The van der Waals surface area contributed by atoms with Gasteiger partial charge in [0.1, 0.15) is 5.69 Å². The minimum absolute atomic E-state index is 0.0164. The van der Waals surface area contributed by atoms with Gasteiger partial charge >= 0.3 is 0 Å². The Morgan fingerprint density at radius 3 is 2.38 bits per heavy atom. The maximum atomic E-state index is 13.2. The average Bonchev–Trinajstić information content (AvgIpc) is 2.85. The number of rotatable bonds is 6. The Hall–Kier alpha value is -3.79. The largest absolute Gasteiger partial charge is 0.505 e. The number of nitrogens with zero attached hydrogens (tertiary/aromatic N) is 3. The van der Waals surface area contributed by atoms with Gasteiger partial charge in [-0.2, -0.15) is 5.11 Å². The van der Waals surface area contributed by atoms with Crippen molar-refractivity contribution in [1.29, 1.82) is 0 Å². The Balaban J connectivity index is 1.79. The van der Waals surface area contributed by atoms with Crippen LogP contribution in [0.1, 0.15) is 21.5 Å². The molecule has 0 fully saturated rings. The zero-order valence-electron chi connectivity index (χ0n) is 20.7. The lowest BCUT2D eigenvalue weighted by Crippen LogP contribution is -2.22. The van der Waals surface area contributed by atoms with Crippen LogP contribution in [0, 0.1) is 13.8 Å². The minimum atomic E-state index is -3.67. The summed E-state index contributed by atoms with van der Waals surface area (Å²) in [5.74, 6) is -0.873. The first kappa shape index (κ1) is 26.3. The summed E-state index contributed by atoms with van der Waals surface area (Å²) in [6, 6.07) is 18.4. The van der Waals surface area contributed by atoms with Crippen LogP contribution < -0.4 is 5.32 Å². The number of azo groups is 1. The summed E-state index contributed by atoms with van der Waals surface area (Å²) in [7, 11) is -0.781. The molecule has 4 aromatic carbocycles. The van der Waals surface area contributed by atoms with E-state index in [4.69, 9.17) is 11.6 Å². The van der Waals surface area contributed by atoms with Crippen molar-refractivity contribution in [1.82, 2.24) is 4.31 Å². The van der Waals surface area contributed by atoms with Crippen LogP contribution >= 0.6 is 11.6 Å². The zero-order chi connectivity index (χ0) is 26.9. The second-order valence-corrected chi connectivity index (χ2v) is 11.3. The second-order valence-electron chi connectivity index (χ2n) is 8.69. The number of halogens is 1. The number of benzene rings is 4. The van der Waals surface area contributed by atoms with Crippen molar-refractivity contribution < 1.29 is 18.3 Å². The predicted octanol–water partition coefficient (Wildman–Crippen LogP) is 6.73. The van der Waals surface area contributed by atoms with Crippen molar-refractivity contribution in [2.45, 2.75) is 18.7 Å². The molecule has 4 rings (SSSR count). The molecule has 4 aromatic rings. The highest BCUT2D eigenvalue weighted by atomic mass is 35.5. The maximum Gasteiger partial charge on any atom is 0.259 e. The van der Waals surface area contributed by atoms with Gasteiger partial charge in [0.2, 0.25) is 10.0 Å². The molecule has 10 heteroatoms. The third kappa shape index (κ3) is 5.34. The highest BCUT2D eigenvalue weighted by Gasteiger charge is 2.20. The van der Waals surface area contributed by atoms with Crippen LogP contribution in [0.4, 0.5) is 17.1 Å². The molecule has 2 N–H and O–H groups in total. The third-order valence-corrected chi connectivity index (χ3v) is 7.94. The lowest BCUT2D eigenvalue weighted by Gasteiger charge is -2.13. The van der Waals surface area contributed by atoms with E-state index in [2.05, 4.69) is 15.5 Å². The lowest BCUT2D eigenvalue weighted by molar-refractivity contribution is 0.102. The van der Waals surface area contributed by atoms with Gasteiger partial charge < -0.3 is 10.4 Å². The standard InChI is InChI=1S/C27H25ClN4O4S/c1-16-9-11-20(37(35,36)32(3)4)15-24(16)30-31-25-21-8-6-5-7-18(21)14-22(26(25)33)27(34)29-23-12-10-19(28)13-17(23)2/h5-15,33H,1-4H3,(H,29,34). The van der Waals surface area contributed by atoms with Crippen LogP contribution in [0.2, 0.25) is 5.02 Å². The summed E-state index contributed by atoms with van der Waals surface area (Å²) in [5, 5.41) is 24.3. The van der Waals surface area contributed by atoms with Gasteiger partial charge in [-0.3, -0.25) is 4.79 Å². The van der Waals surface area contributed by atoms with E-state index in [0.29, 0.717) is 32.7 Å². The van der Waals surface area contributed by atoms with Crippen LogP contribution in [0.5, 0.6) is 5.75 Å².